The largest absolute Gasteiger partial charge is 0.418 e. The highest BCUT2D eigenvalue weighted by atomic mass is 28.3. The molecule has 4 heteroatoms. The van der Waals surface area contributed by atoms with E-state index in [0.29, 0.717) is 13.2 Å². The standard InChI is InChI=1S/C5H14O3Si/c1-9(2)8-4-3-7-5-6/h6,9H,3-5H2,1-2H3. The lowest BCUT2D eigenvalue weighted by molar-refractivity contribution is -0.0128. The van der Waals surface area contributed by atoms with Gasteiger partial charge in [-0.3, -0.25) is 0 Å². The highest BCUT2D eigenvalue weighted by Crippen LogP contribution is 1.82. The van der Waals surface area contributed by atoms with Gasteiger partial charge in [0.05, 0.1) is 13.2 Å². The minimum Gasteiger partial charge on any atom is -0.418 e. The molecule has 0 rings (SSSR count). The van der Waals surface area contributed by atoms with Crippen molar-refractivity contribution < 1.29 is 14.3 Å². The van der Waals surface area contributed by atoms with Crippen LogP contribution in [0.25, 0.3) is 0 Å². The second-order valence-electron chi connectivity index (χ2n) is 1.96. The van der Waals surface area contributed by atoms with E-state index in [-0.39, 0.29) is 6.79 Å². The maximum Gasteiger partial charge on any atom is 0.171 e. The maximum atomic E-state index is 8.17. The molecular weight excluding hydrogens is 136 g/mol. The summed E-state index contributed by atoms with van der Waals surface area (Å²) in [5.41, 5.74) is 0. The van der Waals surface area contributed by atoms with Gasteiger partial charge in [0.25, 0.3) is 0 Å². The van der Waals surface area contributed by atoms with E-state index in [9.17, 15) is 0 Å². The van der Waals surface area contributed by atoms with Gasteiger partial charge in [0.1, 0.15) is 6.79 Å². The number of aliphatic hydroxyl groups is 1. The Morgan fingerprint density at radius 3 is 2.44 bits per heavy atom. The quantitative estimate of drug-likeness (QED) is 0.339. The number of rotatable bonds is 5. The van der Waals surface area contributed by atoms with Crippen LogP contribution in [0.15, 0.2) is 0 Å². The van der Waals surface area contributed by atoms with Crippen LogP contribution in [0.1, 0.15) is 0 Å². The average molecular weight is 150 g/mol. The molecule has 9 heavy (non-hydrogen) atoms. The van der Waals surface area contributed by atoms with Gasteiger partial charge in [0.15, 0.2) is 9.04 Å². The Bertz CT molecular complexity index is 58.2. The van der Waals surface area contributed by atoms with Crippen LogP contribution >= 0.6 is 0 Å². The summed E-state index contributed by atoms with van der Waals surface area (Å²) in [6, 6.07) is 0. The summed E-state index contributed by atoms with van der Waals surface area (Å²) < 4.78 is 9.88. The van der Waals surface area contributed by atoms with Gasteiger partial charge in [0, 0.05) is 0 Å². The van der Waals surface area contributed by atoms with Crippen molar-refractivity contribution in [1.29, 1.82) is 0 Å². The SMILES string of the molecule is C[SiH](C)OCCOCO. The van der Waals surface area contributed by atoms with Gasteiger partial charge < -0.3 is 14.3 Å². The Balaban J connectivity index is 2.75. The molecule has 0 aliphatic carbocycles. The number of ether oxygens (including phenoxy) is 1. The third-order valence-corrected chi connectivity index (χ3v) is 1.67. The molecule has 0 radical (unpaired) electrons. The first-order chi connectivity index (χ1) is 4.27. The van der Waals surface area contributed by atoms with Crippen LogP contribution in [0.4, 0.5) is 0 Å². The number of hydrogen-bond acceptors (Lipinski definition) is 3. The zero-order chi connectivity index (χ0) is 7.11. The molecule has 0 fully saturated rings. The van der Waals surface area contributed by atoms with Crippen LogP contribution in [-0.4, -0.2) is 34.2 Å². The zero-order valence-corrected chi connectivity index (χ0v) is 7.12. The first-order valence-corrected chi connectivity index (χ1v) is 5.85. The summed E-state index contributed by atoms with van der Waals surface area (Å²) in [5.74, 6) is 0. The Kier molecular flexibility index (Phi) is 6.29. The molecule has 0 aliphatic rings. The van der Waals surface area contributed by atoms with Crippen LogP contribution in [0, 0.1) is 0 Å². The predicted octanol–water partition coefficient (Wildman–Crippen LogP) is -0.0472. The van der Waals surface area contributed by atoms with E-state index >= 15 is 0 Å². The Labute approximate surface area is 57.3 Å². The molecule has 0 spiro atoms. The lowest BCUT2D eigenvalue weighted by Crippen LogP contribution is -2.13. The first kappa shape index (κ1) is 9.10. The van der Waals surface area contributed by atoms with Crippen LogP contribution in [0.5, 0.6) is 0 Å². The monoisotopic (exact) mass is 150 g/mol. The molecule has 0 aromatic heterocycles. The van der Waals surface area contributed by atoms with Crippen molar-refractivity contribution in [2.24, 2.45) is 0 Å². The average Bonchev–Trinajstić information content (AvgIpc) is 1.80. The van der Waals surface area contributed by atoms with Crippen LogP contribution < -0.4 is 0 Å². The van der Waals surface area contributed by atoms with Gasteiger partial charge in [-0.05, 0) is 13.1 Å². The fourth-order valence-electron chi connectivity index (χ4n) is 0.407. The van der Waals surface area contributed by atoms with E-state index < -0.39 is 9.04 Å². The van der Waals surface area contributed by atoms with Crippen molar-refractivity contribution in [3.05, 3.63) is 0 Å². The minimum atomic E-state index is -0.875. The molecular formula is C5H14O3Si. The fraction of sp³-hybridized carbons (Fsp3) is 1.00. The summed E-state index contributed by atoms with van der Waals surface area (Å²) in [7, 11) is -0.875. The molecule has 0 aromatic carbocycles. The molecule has 3 nitrogen and oxygen atoms in total. The van der Waals surface area contributed by atoms with Gasteiger partial charge in [0.2, 0.25) is 0 Å². The highest BCUT2D eigenvalue weighted by molar-refractivity contribution is 6.48. The van der Waals surface area contributed by atoms with Crippen LogP contribution in [0.3, 0.4) is 0 Å². The summed E-state index contributed by atoms with van der Waals surface area (Å²) >= 11 is 0. The van der Waals surface area contributed by atoms with E-state index in [1.54, 1.807) is 0 Å². The first-order valence-electron chi connectivity index (χ1n) is 3.07. The summed E-state index contributed by atoms with van der Waals surface area (Å²) in [6.07, 6.45) is 0. The molecule has 0 aliphatic heterocycles. The van der Waals surface area contributed by atoms with Gasteiger partial charge in [-0.2, -0.15) is 0 Å². The molecule has 0 heterocycles. The fourth-order valence-corrected chi connectivity index (χ4v) is 0.975. The van der Waals surface area contributed by atoms with E-state index in [0.717, 1.165) is 0 Å². The van der Waals surface area contributed by atoms with E-state index in [2.05, 4.69) is 17.8 Å². The molecule has 0 amide bonds. The molecule has 0 saturated heterocycles. The van der Waals surface area contributed by atoms with Crippen LogP contribution in [-0.2, 0) is 9.16 Å². The lowest BCUT2D eigenvalue weighted by Gasteiger charge is -2.04. The third kappa shape index (κ3) is 8.10. The summed E-state index contributed by atoms with van der Waals surface area (Å²) in [6.45, 7) is 5.10. The maximum absolute atomic E-state index is 8.17. The van der Waals surface area contributed by atoms with E-state index in [4.69, 9.17) is 9.53 Å². The third-order valence-electron chi connectivity index (χ3n) is 0.770. The lowest BCUT2D eigenvalue weighted by atomic mass is 10.8. The van der Waals surface area contributed by atoms with Crippen molar-refractivity contribution in [2.75, 3.05) is 20.0 Å². The van der Waals surface area contributed by atoms with Crippen molar-refractivity contribution in [3.8, 4) is 0 Å². The molecule has 0 atom stereocenters. The Hall–Kier alpha value is 0.0969. The summed E-state index contributed by atoms with van der Waals surface area (Å²) in [5, 5.41) is 8.17. The molecule has 0 bridgehead atoms. The zero-order valence-electron chi connectivity index (χ0n) is 5.96. The predicted molar refractivity (Wildman–Crippen MR) is 37.9 cm³/mol. The molecule has 0 saturated carbocycles. The molecule has 0 unspecified atom stereocenters. The number of aliphatic hydroxyl groups excluding tert-OH is 1. The smallest absolute Gasteiger partial charge is 0.171 e. The molecule has 0 aromatic rings. The van der Waals surface area contributed by atoms with Gasteiger partial charge in [-0.25, -0.2) is 0 Å². The molecule has 1 N–H and O–H groups in total. The molecule has 56 valence electrons. The Morgan fingerprint density at radius 2 is 2.00 bits per heavy atom. The van der Waals surface area contributed by atoms with Crippen molar-refractivity contribution in [2.45, 2.75) is 13.1 Å². The van der Waals surface area contributed by atoms with Crippen molar-refractivity contribution in [3.63, 3.8) is 0 Å². The minimum absolute atomic E-state index is 0.205. The van der Waals surface area contributed by atoms with Crippen molar-refractivity contribution in [1.82, 2.24) is 0 Å². The van der Waals surface area contributed by atoms with Crippen molar-refractivity contribution >= 4 is 9.04 Å². The van der Waals surface area contributed by atoms with Gasteiger partial charge in [-0.15, -0.1) is 0 Å². The van der Waals surface area contributed by atoms with Crippen LogP contribution in [0.2, 0.25) is 13.1 Å². The summed E-state index contributed by atoms with van der Waals surface area (Å²) in [4.78, 5) is 0. The van der Waals surface area contributed by atoms with Gasteiger partial charge in [-0.1, -0.05) is 0 Å². The van der Waals surface area contributed by atoms with E-state index in [1.165, 1.54) is 0 Å². The highest BCUT2D eigenvalue weighted by Gasteiger charge is 1.92. The second kappa shape index (κ2) is 6.22. The number of hydrogen-bond donors (Lipinski definition) is 1. The van der Waals surface area contributed by atoms with E-state index in [1.807, 2.05) is 0 Å². The topological polar surface area (TPSA) is 38.7 Å². The Morgan fingerprint density at radius 1 is 1.33 bits per heavy atom. The second-order valence-corrected chi connectivity index (χ2v) is 4.39. The normalized spacial score (nSPS) is 10.7. The van der Waals surface area contributed by atoms with Gasteiger partial charge >= 0.3 is 0 Å².